The number of carboxylic acid groups (broad SMARTS) is 1. The van der Waals surface area contributed by atoms with Crippen molar-refractivity contribution in [3.8, 4) is 0 Å². The van der Waals surface area contributed by atoms with Gasteiger partial charge in [-0.15, -0.1) is 0 Å². The minimum Gasteiger partial charge on any atom is -0.550 e. The maximum absolute atomic E-state index is 12.4. The van der Waals surface area contributed by atoms with Crippen LogP contribution in [-0.2, 0) is 4.79 Å². The Balaban J connectivity index is 1.74. The van der Waals surface area contributed by atoms with E-state index >= 15 is 0 Å². The number of benzene rings is 1. The molecular weight excluding hydrogens is 278 g/mol. The zero-order valence-corrected chi connectivity index (χ0v) is 11.4. The van der Waals surface area contributed by atoms with Crippen LogP contribution in [0.5, 0.6) is 0 Å². The van der Waals surface area contributed by atoms with Crippen LogP contribution in [0.25, 0.3) is 11.0 Å². The maximum Gasteiger partial charge on any atom is 0.253 e. The van der Waals surface area contributed by atoms with Gasteiger partial charge in [-0.05, 0) is 31.0 Å². The van der Waals surface area contributed by atoms with Crippen LogP contribution in [0.2, 0.25) is 0 Å². The van der Waals surface area contributed by atoms with Crippen LogP contribution in [-0.4, -0.2) is 38.6 Å². The average molecular weight is 290 g/mol. The zero-order valence-electron chi connectivity index (χ0n) is 10.6. The number of aliphatic carboxylic acids is 1. The number of carbonyl (C=O) groups excluding carboxylic acids is 2. The molecule has 0 aliphatic carbocycles. The molecule has 1 saturated heterocycles. The summed E-state index contributed by atoms with van der Waals surface area (Å²) in [7, 11) is 0. The lowest BCUT2D eigenvalue weighted by atomic mass is 9.96. The smallest absolute Gasteiger partial charge is 0.253 e. The number of likely N-dealkylation sites (tertiary alicyclic amines) is 1. The van der Waals surface area contributed by atoms with Gasteiger partial charge in [-0.3, -0.25) is 4.79 Å². The fourth-order valence-electron chi connectivity index (χ4n) is 2.42. The molecule has 6 nitrogen and oxygen atoms in total. The van der Waals surface area contributed by atoms with Gasteiger partial charge in [0.05, 0.1) is 11.7 Å². The molecule has 0 radical (unpaired) electrons. The van der Waals surface area contributed by atoms with E-state index < -0.39 is 11.9 Å². The Hall–Kier alpha value is -2.02. The molecule has 2 aromatic rings. The van der Waals surface area contributed by atoms with Gasteiger partial charge in [-0.1, -0.05) is 0 Å². The molecule has 1 aromatic carbocycles. The first-order valence-electron chi connectivity index (χ1n) is 6.37. The molecule has 0 saturated carbocycles. The summed E-state index contributed by atoms with van der Waals surface area (Å²) in [6, 6.07) is 5.24. The first-order valence-corrected chi connectivity index (χ1v) is 7.10. The summed E-state index contributed by atoms with van der Waals surface area (Å²) in [5, 5.41) is 10.8. The summed E-state index contributed by atoms with van der Waals surface area (Å²) in [4.78, 5) is 24.8. The molecule has 1 fully saturated rings. The average Bonchev–Trinajstić information content (AvgIpc) is 2.94. The Labute approximate surface area is 119 Å². The van der Waals surface area contributed by atoms with Crippen molar-refractivity contribution in [2.24, 2.45) is 5.92 Å². The number of fused-ring (bicyclic) bond motifs is 1. The number of carbonyl (C=O) groups is 2. The van der Waals surface area contributed by atoms with E-state index in [0.717, 1.165) is 17.2 Å². The van der Waals surface area contributed by atoms with E-state index in [-0.39, 0.29) is 5.91 Å². The third kappa shape index (κ3) is 2.36. The van der Waals surface area contributed by atoms with Crippen molar-refractivity contribution in [1.29, 1.82) is 0 Å². The van der Waals surface area contributed by atoms with Gasteiger partial charge in [0, 0.05) is 30.5 Å². The fourth-order valence-corrected chi connectivity index (χ4v) is 2.93. The highest BCUT2D eigenvalue weighted by Gasteiger charge is 2.24. The first kappa shape index (κ1) is 13.0. The molecule has 2 heterocycles. The molecule has 0 atom stereocenters. The standard InChI is InChI=1S/C13H13N3O3S/c17-12(16-5-3-8(4-6-16)13(18)19)9-1-2-10-11(7-9)15-20-14-10/h1-2,7-8H,3-6H2,(H,18,19)/p-1. The third-order valence-electron chi connectivity index (χ3n) is 3.62. The molecule has 3 rings (SSSR count). The zero-order chi connectivity index (χ0) is 14.1. The topological polar surface area (TPSA) is 86.2 Å². The summed E-state index contributed by atoms with van der Waals surface area (Å²) in [5.74, 6) is -1.55. The van der Waals surface area contributed by atoms with Gasteiger partial charge < -0.3 is 14.8 Å². The predicted molar refractivity (Wildman–Crippen MR) is 71.0 cm³/mol. The van der Waals surface area contributed by atoms with Crippen LogP contribution in [0.1, 0.15) is 23.2 Å². The number of hydrogen-bond donors (Lipinski definition) is 0. The summed E-state index contributed by atoms with van der Waals surface area (Å²) in [5.41, 5.74) is 2.06. The molecule has 7 heteroatoms. The normalized spacial score (nSPS) is 16.5. The molecule has 0 N–H and O–H groups in total. The van der Waals surface area contributed by atoms with Crippen molar-refractivity contribution in [2.75, 3.05) is 13.1 Å². The summed E-state index contributed by atoms with van der Waals surface area (Å²) in [6.07, 6.45) is 0.906. The molecule has 1 aromatic heterocycles. The Morgan fingerprint density at radius 2 is 1.90 bits per heavy atom. The number of rotatable bonds is 2. The fraction of sp³-hybridized carbons (Fsp3) is 0.385. The van der Waals surface area contributed by atoms with Gasteiger partial charge in [0.25, 0.3) is 5.91 Å². The Morgan fingerprint density at radius 3 is 2.60 bits per heavy atom. The van der Waals surface area contributed by atoms with Gasteiger partial charge in [0.15, 0.2) is 0 Å². The molecule has 1 aliphatic rings. The lowest BCUT2D eigenvalue weighted by molar-refractivity contribution is -0.312. The molecule has 0 spiro atoms. The third-order valence-corrected chi connectivity index (χ3v) is 4.17. The number of amides is 1. The quantitative estimate of drug-likeness (QED) is 0.793. The van der Waals surface area contributed by atoms with Crippen molar-refractivity contribution < 1.29 is 14.7 Å². The minimum absolute atomic E-state index is 0.0864. The SMILES string of the molecule is O=C([O-])C1CCN(C(=O)c2ccc3nsnc3c2)CC1. The van der Waals surface area contributed by atoms with E-state index in [9.17, 15) is 14.7 Å². The second-order valence-electron chi connectivity index (χ2n) is 4.85. The number of piperidine rings is 1. The van der Waals surface area contributed by atoms with E-state index in [0.29, 0.717) is 37.0 Å². The highest BCUT2D eigenvalue weighted by Crippen LogP contribution is 2.20. The largest absolute Gasteiger partial charge is 0.550 e. The Morgan fingerprint density at radius 1 is 1.20 bits per heavy atom. The molecule has 20 heavy (non-hydrogen) atoms. The van der Waals surface area contributed by atoms with Crippen molar-refractivity contribution in [3.63, 3.8) is 0 Å². The van der Waals surface area contributed by atoms with Gasteiger partial charge in [0.2, 0.25) is 0 Å². The van der Waals surface area contributed by atoms with Crippen LogP contribution in [0.3, 0.4) is 0 Å². The van der Waals surface area contributed by atoms with Crippen molar-refractivity contribution in [1.82, 2.24) is 13.6 Å². The Bertz CT molecular complexity index is 662. The van der Waals surface area contributed by atoms with Crippen molar-refractivity contribution in [3.05, 3.63) is 23.8 Å². The highest BCUT2D eigenvalue weighted by atomic mass is 32.1. The Kier molecular flexibility index (Phi) is 3.35. The van der Waals surface area contributed by atoms with E-state index in [1.165, 1.54) is 0 Å². The monoisotopic (exact) mass is 290 g/mol. The van der Waals surface area contributed by atoms with Crippen LogP contribution >= 0.6 is 11.7 Å². The highest BCUT2D eigenvalue weighted by molar-refractivity contribution is 7.00. The summed E-state index contributed by atoms with van der Waals surface area (Å²) in [6.45, 7) is 0.898. The van der Waals surface area contributed by atoms with E-state index in [2.05, 4.69) is 8.75 Å². The summed E-state index contributed by atoms with van der Waals surface area (Å²) >= 11 is 1.12. The number of aromatic nitrogens is 2. The predicted octanol–water partition coefficient (Wildman–Crippen LogP) is 0.293. The van der Waals surface area contributed by atoms with Crippen LogP contribution in [0.15, 0.2) is 18.2 Å². The summed E-state index contributed by atoms with van der Waals surface area (Å²) < 4.78 is 8.21. The van der Waals surface area contributed by atoms with Crippen LogP contribution < -0.4 is 5.11 Å². The molecule has 0 unspecified atom stereocenters. The van der Waals surface area contributed by atoms with Gasteiger partial charge in [-0.2, -0.15) is 8.75 Å². The van der Waals surface area contributed by atoms with Gasteiger partial charge in [-0.25, -0.2) is 0 Å². The van der Waals surface area contributed by atoms with Crippen LogP contribution in [0, 0.1) is 5.92 Å². The molecular formula is C13H12N3O3S-. The molecule has 104 valence electrons. The van der Waals surface area contributed by atoms with E-state index in [4.69, 9.17) is 0 Å². The lowest BCUT2D eigenvalue weighted by Gasteiger charge is -2.32. The number of nitrogens with zero attached hydrogens (tertiary/aromatic N) is 3. The maximum atomic E-state index is 12.4. The van der Waals surface area contributed by atoms with E-state index in [1.807, 2.05) is 0 Å². The van der Waals surface area contributed by atoms with Crippen molar-refractivity contribution >= 4 is 34.6 Å². The molecule has 1 aliphatic heterocycles. The number of carboxylic acids is 1. The van der Waals surface area contributed by atoms with Gasteiger partial charge in [0.1, 0.15) is 11.0 Å². The lowest BCUT2D eigenvalue weighted by Crippen LogP contribution is -2.43. The second-order valence-corrected chi connectivity index (χ2v) is 5.38. The molecule has 0 bridgehead atoms. The van der Waals surface area contributed by atoms with E-state index in [1.54, 1.807) is 23.1 Å². The molecule has 1 amide bonds. The minimum atomic E-state index is -1.02. The van der Waals surface area contributed by atoms with Crippen LogP contribution in [0.4, 0.5) is 0 Å². The first-order chi connectivity index (χ1) is 9.65. The van der Waals surface area contributed by atoms with Crippen molar-refractivity contribution in [2.45, 2.75) is 12.8 Å². The number of hydrogen-bond acceptors (Lipinski definition) is 6. The second kappa shape index (κ2) is 5.16. The van der Waals surface area contributed by atoms with Gasteiger partial charge >= 0.3 is 0 Å².